The van der Waals surface area contributed by atoms with E-state index >= 15 is 0 Å². The number of nitrogens with one attached hydrogen (secondary N) is 3. The molecule has 0 spiro atoms. The third-order valence-corrected chi connectivity index (χ3v) is 4.11. The fourth-order valence-electron chi connectivity index (χ4n) is 2.34. The molecule has 25 heavy (non-hydrogen) atoms. The summed E-state index contributed by atoms with van der Waals surface area (Å²) < 4.78 is 0. The monoisotopic (exact) mass is 378 g/mol. The van der Waals surface area contributed by atoms with Crippen LogP contribution in [-0.2, 0) is 16.0 Å². The Kier molecular flexibility index (Phi) is 6.01. The zero-order chi connectivity index (χ0) is 18.6. The van der Waals surface area contributed by atoms with Gasteiger partial charge >= 0.3 is 0 Å². The van der Waals surface area contributed by atoms with Gasteiger partial charge in [-0.25, -0.2) is 0 Å². The number of anilines is 1. The van der Waals surface area contributed by atoms with Crippen molar-refractivity contribution in [2.45, 2.75) is 13.3 Å². The lowest BCUT2D eigenvalue weighted by molar-refractivity contribution is -0.119. The van der Waals surface area contributed by atoms with Crippen LogP contribution in [0, 0.1) is 5.41 Å². The van der Waals surface area contributed by atoms with E-state index in [-0.39, 0.29) is 12.3 Å². The molecule has 0 radical (unpaired) electrons. The molecular weight excluding hydrogens is 363 g/mol. The fourth-order valence-corrected chi connectivity index (χ4v) is 2.95. The van der Waals surface area contributed by atoms with Crippen LogP contribution in [-0.4, -0.2) is 17.8 Å². The summed E-state index contributed by atoms with van der Waals surface area (Å²) in [6.45, 7) is 1.41. The second-order valence-electron chi connectivity index (χ2n) is 5.25. The largest absolute Gasteiger partial charge is 0.370 e. The smallest absolute Gasteiger partial charge is 0.231 e. The number of carbonyl (C=O) groups is 2. The topological polar surface area (TPSA) is 108 Å². The average molecular weight is 379 g/mol. The van der Waals surface area contributed by atoms with Gasteiger partial charge in [-0.3, -0.25) is 20.3 Å². The molecule has 0 aliphatic heterocycles. The average Bonchev–Trinajstić information content (AvgIpc) is 2.51. The molecule has 5 N–H and O–H groups in total. The minimum Gasteiger partial charge on any atom is -0.370 e. The van der Waals surface area contributed by atoms with Crippen molar-refractivity contribution < 1.29 is 9.59 Å². The van der Waals surface area contributed by atoms with Crippen LogP contribution < -0.4 is 16.4 Å². The van der Waals surface area contributed by atoms with Crippen molar-refractivity contribution in [2.24, 2.45) is 5.73 Å². The zero-order valence-corrected chi connectivity index (χ0v) is 14.8. The van der Waals surface area contributed by atoms with Gasteiger partial charge in [-0.2, -0.15) is 0 Å². The molecule has 0 fully saturated rings. The molecule has 0 saturated carbocycles. The van der Waals surface area contributed by atoms with E-state index in [0.717, 1.165) is 0 Å². The van der Waals surface area contributed by atoms with Crippen LogP contribution in [0.15, 0.2) is 36.4 Å². The molecule has 8 heteroatoms. The number of rotatable bonds is 4. The maximum atomic E-state index is 11.9. The number of carbonyl (C=O) groups excluding carboxylic acids is 2. The molecule has 0 heterocycles. The number of halogens is 2. The quantitative estimate of drug-likeness (QED) is 0.484. The molecule has 6 nitrogen and oxygen atoms in total. The maximum Gasteiger partial charge on any atom is 0.231 e. The van der Waals surface area contributed by atoms with Crippen LogP contribution in [0.1, 0.15) is 12.5 Å². The summed E-state index contributed by atoms with van der Waals surface area (Å²) >= 11 is 12.7. The van der Waals surface area contributed by atoms with Crippen molar-refractivity contribution in [1.29, 1.82) is 5.41 Å². The maximum absolute atomic E-state index is 11.9. The zero-order valence-electron chi connectivity index (χ0n) is 13.3. The highest BCUT2D eigenvalue weighted by Crippen LogP contribution is 2.38. The second kappa shape index (κ2) is 8.00. The Morgan fingerprint density at radius 3 is 2.44 bits per heavy atom. The Balaban J connectivity index is 2.48. The Labute approximate surface area is 154 Å². The number of hydrogen-bond donors (Lipinski definition) is 4. The molecule has 2 amide bonds. The van der Waals surface area contributed by atoms with Gasteiger partial charge in [-0.15, -0.1) is 0 Å². The van der Waals surface area contributed by atoms with E-state index in [1.807, 2.05) is 6.07 Å². The normalized spacial score (nSPS) is 10.2. The molecule has 2 aromatic rings. The summed E-state index contributed by atoms with van der Waals surface area (Å²) in [5.74, 6) is -1.16. The molecule has 0 bridgehead atoms. The van der Waals surface area contributed by atoms with Gasteiger partial charge in [0.15, 0.2) is 5.96 Å². The first kappa shape index (κ1) is 18.8. The molecular formula is C17H16Cl2N4O2. The minimum absolute atomic E-state index is 0.132. The first-order chi connectivity index (χ1) is 11.8. The number of guanidine groups is 1. The highest BCUT2D eigenvalue weighted by Gasteiger charge is 2.17. The lowest BCUT2D eigenvalue weighted by Crippen LogP contribution is -2.36. The molecule has 0 atom stereocenters. The van der Waals surface area contributed by atoms with Gasteiger partial charge in [0.2, 0.25) is 11.8 Å². The summed E-state index contributed by atoms with van der Waals surface area (Å²) in [5, 5.41) is 12.7. The Morgan fingerprint density at radius 1 is 1.12 bits per heavy atom. The van der Waals surface area contributed by atoms with E-state index in [4.69, 9.17) is 34.3 Å². The van der Waals surface area contributed by atoms with Crippen molar-refractivity contribution in [3.63, 3.8) is 0 Å². The standard InChI is InChI=1S/C17H16Cl2N4O2/c1-9(24)22-14-5-3-2-4-10(14)11-6-7-13(18)12(16(11)19)8-15(25)23-17(20)21/h2-7H,8H2,1H3,(H,22,24)(H4,20,21,23,25). The van der Waals surface area contributed by atoms with E-state index < -0.39 is 11.9 Å². The van der Waals surface area contributed by atoms with Gasteiger partial charge in [0.1, 0.15) is 0 Å². The van der Waals surface area contributed by atoms with Crippen molar-refractivity contribution in [3.8, 4) is 11.1 Å². The number of amides is 2. The van der Waals surface area contributed by atoms with Gasteiger partial charge in [0.05, 0.1) is 11.4 Å². The van der Waals surface area contributed by atoms with Crippen LogP contribution in [0.3, 0.4) is 0 Å². The number of nitrogens with two attached hydrogens (primary N) is 1. The Hall–Kier alpha value is -2.57. The van der Waals surface area contributed by atoms with Crippen molar-refractivity contribution in [2.75, 3.05) is 5.32 Å². The Morgan fingerprint density at radius 2 is 1.80 bits per heavy atom. The number of hydrogen-bond acceptors (Lipinski definition) is 3. The first-order valence-electron chi connectivity index (χ1n) is 7.27. The number of benzene rings is 2. The van der Waals surface area contributed by atoms with E-state index in [0.29, 0.717) is 32.4 Å². The molecule has 2 rings (SSSR count). The lowest BCUT2D eigenvalue weighted by atomic mass is 9.99. The third-order valence-electron chi connectivity index (χ3n) is 3.33. The summed E-state index contributed by atoms with van der Waals surface area (Å²) in [7, 11) is 0. The lowest BCUT2D eigenvalue weighted by Gasteiger charge is -2.15. The van der Waals surface area contributed by atoms with Crippen molar-refractivity contribution >= 4 is 46.7 Å². The molecule has 0 unspecified atom stereocenters. The number of para-hydroxylation sites is 1. The van der Waals surface area contributed by atoms with E-state index in [1.54, 1.807) is 30.3 Å². The molecule has 0 saturated heterocycles. The highest BCUT2D eigenvalue weighted by atomic mass is 35.5. The van der Waals surface area contributed by atoms with Crippen LogP contribution in [0.4, 0.5) is 5.69 Å². The van der Waals surface area contributed by atoms with Crippen LogP contribution in [0.25, 0.3) is 11.1 Å². The summed E-state index contributed by atoms with van der Waals surface area (Å²) in [6.07, 6.45) is -0.132. The van der Waals surface area contributed by atoms with E-state index in [1.165, 1.54) is 6.92 Å². The van der Waals surface area contributed by atoms with E-state index in [9.17, 15) is 9.59 Å². The molecule has 0 aromatic heterocycles. The first-order valence-corrected chi connectivity index (χ1v) is 8.03. The minimum atomic E-state index is -0.497. The van der Waals surface area contributed by atoms with Gasteiger partial charge < -0.3 is 11.1 Å². The molecule has 0 aliphatic carbocycles. The van der Waals surface area contributed by atoms with Gasteiger partial charge in [-0.1, -0.05) is 47.5 Å². The summed E-state index contributed by atoms with van der Waals surface area (Å²) in [6, 6.07) is 10.5. The fraction of sp³-hybridized carbons (Fsp3) is 0.118. The third kappa shape index (κ3) is 4.71. The summed E-state index contributed by atoms with van der Waals surface area (Å²) in [5.41, 5.74) is 7.49. The highest BCUT2D eigenvalue weighted by molar-refractivity contribution is 6.38. The van der Waals surface area contributed by atoms with Crippen LogP contribution in [0.2, 0.25) is 10.0 Å². The summed E-state index contributed by atoms with van der Waals surface area (Å²) in [4.78, 5) is 23.3. The molecule has 130 valence electrons. The molecule has 0 aliphatic rings. The van der Waals surface area contributed by atoms with Crippen molar-refractivity contribution in [1.82, 2.24) is 5.32 Å². The predicted octanol–water partition coefficient (Wildman–Crippen LogP) is 3.17. The van der Waals surface area contributed by atoms with Gasteiger partial charge in [0.25, 0.3) is 0 Å². The van der Waals surface area contributed by atoms with Crippen LogP contribution in [0.5, 0.6) is 0 Å². The van der Waals surface area contributed by atoms with Crippen molar-refractivity contribution in [3.05, 3.63) is 52.0 Å². The Bertz CT molecular complexity index is 853. The predicted molar refractivity (Wildman–Crippen MR) is 100.0 cm³/mol. The van der Waals surface area contributed by atoms with E-state index in [2.05, 4.69) is 10.6 Å². The van der Waals surface area contributed by atoms with Gasteiger partial charge in [-0.05, 0) is 17.7 Å². The second-order valence-corrected chi connectivity index (χ2v) is 6.04. The van der Waals surface area contributed by atoms with Gasteiger partial charge in [0, 0.05) is 28.8 Å². The van der Waals surface area contributed by atoms with Crippen LogP contribution >= 0.6 is 23.2 Å². The SMILES string of the molecule is CC(=O)Nc1ccccc1-c1ccc(Cl)c(CC(=O)NC(=N)N)c1Cl. The molecule has 2 aromatic carbocycles.